The van der Waals surface area contributed by atoms with Crippen molar-refractivity contribution in [2.75, 3.05) is 11.0 Å². The number of esters is 2. The number of ether oxygens (including phenoxy) is 2. The van der Waals surface area contributed by atoms with Crippen LogP contribution in [-0.2, 0) is 19.1 Å². The number of fused-ring (bicyclic) bond motifs is 3. The Labute approximate surface area is 179 Å². The molecule has 0 heterocycles. The molecule has 4 nitrogen and oxygen atoms in total. The molecule has 148 valence electrons. The lowest BCUT2D eigenvalue weighted by atomic mass is 9.98. The van der Waals surface area contributed by atoms with E-state index >= 15 is 0 Å². The summed E-state index contributed by atoms with van der Waals surface area (Å²) in [7, 11) is 0. The maximum Gasteiger partial charge on any atom is 0.310 e. The van der Waals surface area contributed by atoms with Crippen molar-refractivity contribution in [3.63, 3.8) is 0 Å². The highest BCUT2D eigenvalue weighted by atomic mass is 127. The van der Waals surface area contributed by atoms with Gasteiger partial charge in [-0.2, -0.15) is 0 Å². The molecule has 28 heavy (non-hydrogen) atoms. The number of carbonyl (C=O) groups is 2. The number of carbonyl (C=O) groups excluding carboxylic acids is 2. The molecule has 0 N–H and O–H groups in total. The van der Waals surface area contributed by atoms with Gasteiger partial charge >= 0.3 is 11.9 Å². The molecule has 0 aliphatic heterocycles. The number of benzene rings is 2. The lowest BCUT2D eigenvalue weighted by Gasteiger charge is -2.23. The summed E-state index contributed by atoms with van der Waals surface area (Å²) in [5.41, 5.74) is 4.17. The van der Waals surface area contributed by atoms with Crippen LogP contribution >= 0.6 is 22.6 Å². The Hall–Kier alpha value is -1.89. The van der Waals surface area contributed by atoms with Gasteiger partial charge in [-0.15, -0.1) is 0 Å². The molecular weight excluding hydrogens is 467 g/mol. The summed E-state index contributed by atoms with van der Waals surface area (Å²) in [5.74, 6) is -1.18. The zero-order valence-electron chi connectivity index (χ0n) is 16.4. The summed E-state index contributed by atoms with van der Waals surface area (Å²) in [4.78, 5) is 24.7. The maximum absolute atomic E-state index is 12.4. The normalized spacial score (nSPS) is 14.1. The van der Waals surface area contributed by atoms with E-state index < -0.39 is 11.5 Å². The molecule has 2 aromatic carbocycles. The molecule has 0 spiro atoms. The van der Waals surface area contributed by atoms with Gasteiger partial charge in [-0.05, 0) is 43.0 Å². The largest absolute Gasteiger partial charge is 0.465 e. The Kier molecular flexibility index (Phi) is 6.43. The molecular formula is C23H25IO4. The summed E-state index contributed by atoms with van der Waals surface area (Å²) in [5, 5.41) is 0. The quantitative estimate of drug-likeness (QED) is 0.319. The lowest BCUT2D eigenvalue weighted by molar-refractivity contribution is -0.162. The van der Waals surface area contributed by atoms with E-state index in [2.05, 4.69) is 46.9 Å². The van der Waals surface area contributed by atoms with E-state index in [0.29, 0.717) is 4.43 Å². The summed E-state index contributed by atoms with van der Waals surface area (Å²) >= 11 is 2.11. The smallest absolute Gasteiger partial charge is 0.310 e. The third-order valence-corrected chi connectivity index (χ3v) is 5.78. The predicted octanol–water partition coefficient (Wildman–Crippen LogP) is 5.13. The van der Waals surface area contributed by atoms with Gasteiger partial charge in [0.1, 0.15) is 12.2 Å². The highest BCUT2D eigenvalue weighted by molar-refractivity contribution is 14.1. The van der Waals surface area contributed by atoms with E-state index in [1.165, 1.54) is 22.3 Å². The van der Waals surface area contributed by atoms with Crippen LogP contribution in [0.1, 0.15) is 44.2 Å². The van der Waals surface area contributed by atoms with Crippen molar-refractivity contribution in [3.8, 4) is 11.1 Å². The Morgan fingerprint density at radius 3 is 2.04 bits per heavy atom. The number of halogens is 1. The van der Waals surface area contributed by atoms with Gasteiger partial charge in [0.2, 0.25) is 0 Å². The summed E-state index contributed by atoms with van der Waals surface area (Å²) < 4.78 is 11.5. The average molecular weight is 492 g/mol. The molecule has 0 saturated heterocycles. The van der Waals surface area contributed by atoms with Crippen molar-refractivity contribution < 1.29 is 19.1 Å². The van der Waals surface area contributed by atoms with Crippen LogP contribution in [0, 0.1) is 5.92 Å². The fraction of sp³-hybridized carbons (Fsp3) is 0.391. The first-order chi connectivity index (χ1) is 13.3. The number of rotatable bonds is 6. The van der Waals surface area contributed by atoms with Crippen LogP contribution in [0.25, 0.3) is 11.1 Å². The summed E-state index contributed by atoms with van der Waals surface area (Å²) in [6, 6.07) is 16.4. The Morgan fingerprint density at radius 2 is 1.54 bits per heavy atom. The predicted molar refractivity (Wildman–Crippen MR) is 118 cm³/mol. The Balaban J connectivity index is 1.65. The fourth-order valence-electron chi connectivity index (χ4n) is 3.46. The molecule has 0 saturated carbocycles. The van der Waals surface area contributed by atoms with Gasteiger partial charge in [0, 0.05) is 10.3 Å². The van der Waals surface area contributed by atoms with Crippen LogP contribution in [0.5, 0.6) is 0 Å². The standard InChI is InChI=1S/C23H25IO4/c1-23(2,3)28-22(26)15(13-24)12-21(25)27-14-20-18-10-6-4-8-16(18)17-9-5-7-11-19(17)20/h4-11,15,20H,12-14H2,1-3H3/t15-/m0/s1. The number of hydrogen-bond donors (Lipinski definition) is 0. The van der Waals surface area contributed by atoms with Crippen LogP contribution in [0.2, 0.25) is 0 Å². The molecule has 2 aromatic rings. The van der Waals surface area contributed by atoms with Crippen LogP contribution in [-0.4, -0.2) is 28.6 Å². The van der Waals surface area contributed by atoms with Gasteiger partial charge in [0.05, 0.1) is 12.3 Å². The zero-order valence-corrected chi connectivity index (χ0v) is 18.6. The van der Waals surface area contributed by atoms with Crippen molar-refractivity contribution in [2.24, 2.45) is 5.92 Å². The van der Waals surface area contributed by atoms with Gasteiger partial charge in [-0.1, -0.05) is 71.1 Å². The lowest BCUT2D eigenvalue weighted by Crippen LogP contribution is -2.31. The van der Waals surface area contributed by atoms with Gasteiger partial charge in [-0.25, -0.2) is 0 Å². The Morgan fingerprint density at radius 1 is 1.00 bits per heavy atom. The van der Waals surface area contributed by atoms with E-state index in [-0.39, 0.29) is 30.9 Å². The Bertz CT molecular complexity index is 823. The molecule has 0 bridgehead atoms. The molecule has 1 atom stereocenters. The van der Waals surface area contributed by atoms with Crippen molar-refractivity contribution in [2.45, 2.75) is 38.7 Å². The van der Waals surface area contributed by atoms with Crippen molar-refractivity contribution in [1.29, 1.82) is 0 Å². The van der Waals surface area contributed by atoms with E-state index in [1.807, 2.05) is 45.0 Å². The van der Waals surface area contributed by atoms with Crippen LogP contribution in [0.4, 0.5) is 0 Å². The van der Waals surface area contributed by atoms with E-state index in [9.17, 15) is 9.59 Å². The molecule has 1 aliphatic carbocycles. The molecule has 0 aromatic heterocycles. The van der Waals surface area contributed by atoms with Gasteiger partial charge in [0.25, 0.3) is 0 Å². The summed E-state index contributed by atoms with van der Waals surface area (Å²) in [6.07, 6.45) is 0.0356. The van der Waals surface area contributed by atoms with Crippen molar-refractivity contribution in [3.05, 3.63) is 59.7 Å². The molecule has 3 rings (SSSR count). The third-order valence-electron chi connectivity index (χ3n) is 4.71. The second-order valence-electron chi connectivity index (χ2n) is 8.00. The first-order valence-corrected chi connectivity index (χ1v) is 11.0. The van der Waals surface area contributed by atoms with Crippen LogP contribution in [0.15, 0.2) is 48.5 Å². The molecule has 1 aliphatic rings. The molecule has 0 radical (unpaired) electrons. The van der Waals surface area contributed by atoms with Gasteiger partial charge in [-0.3, -0.25) is 9.59 Å². The van der Waals surface area contributed by atoms with Gasteiger partial charge in [0.15, 0.2) is 0 Å². The molecule has 0 amide bonds. The maximum atomic E-state index is 12.4. The first kappa shape index (κ1) is 20.8. The fourth-order valence-corrected chi connectivity index (χ4v) is 4.13. The highest BCUT2D eigenvalue weighted by Gasteiger charge is 2.31. The average Bonchev–Trinajstić information content (AvgIpc) is 2.97. The van der Waals surface area contributed by atoms with E-state index in [0.717, 1.165) is 0 Å². The number of hydrogen-bond acceptors (Lipinski definition) is 4. The monoisotopic (exact) mass is 492 g/mol. The van der Waals surface area contributed by atoms with Crippen molar-refractivity contribution in [1.82, 2.24) is 0 Å². The zero-order chi connectivity index (χ0) is 20.3. The molecule has 0 fully saturated rings. The SMILES string of the molecule is CC(C)(C)OC(=O)[C@H](CI)CC(=O)OCC1c2ccccc2-c2ccccc21. The molecule has 5 heteroatoms. The van der Waals surface area contributed by atoms with Gasteiger partial charge < -0.3 is 9.47 Å². The second kappa shape index (κ2) is 8.64. The topological polar surface area (TPSA) is 52.6 Å². The molecule has 0 unspecified atom stereocenters. The minimum absolute atomic E-state index is 0.0240. The third kappa shape index (κ3) is 4.74. The minimum atomic E-state index is -0.567. The van der Waals surface area contributed by atoms with E-state index in [4.69, 9.17) is 9.47 Å². The highest BCUT2D eigenvalue weighted by Crippen LogP contribution is 2.44. The van der Waals surface area contributed by atoms with Crippen LogP contribution in [0.3, 0.4) is 0 Å². The summed E-state index contributed by atoms with van der Waals surface area (Å²) in [6.45, 7) is 5.74. The first-order valence-electron chi connectivity index (χ1n) is 9.43. The van der Waals surface area contributed by atoms with Crippen molar-refractivity contribution >= 4 is 34.5 Å². The van der Waals surface area contributed by atoms with E-state index in [1.54, 1.807) is 0 Å². The number of alkyl halides is 1. The van der Waals surface area contributed by atoms with Crippen LogP contribution < -0.4 is 0 Å². The second-order valence-corrected chi connectivity index (χ2v) is 8.88. The minimum Gasteiger partial charge on any atom is -0.465 e.